The number of benzene rings is 2. The van der Waals surface area contributed by atoms with Gasteiger partial charge in [0.2, 0.25) is 0 Å². The second kappa shape index (κ2) is 5.19. The van der Waals surface area contributed by atoms with E-state index in [0.29, 0.717) is 0 Å². The molecule has 20 heavy (non-hydrogen) atoms. The molecule has 2 rings (SSSR count). The molecular weight excluding hydrogens is 281 g/mol. The molecule has 5 nitrogen and oxygen atoms in total. The lowest BCUT2D eigenvalue weighted by Gasteiger charge is -2.11. The molecule has 0 spiro atoms. The van der Waals surface area contributed by atoms with Crippen molar-refractivity contribution < 1.29 is 12.8 Å². The van der Waals surface area contributed by atoms with Crippen LogP contribution in [0.4, 0.5) is 15.8 Å². The number of anilines is 2. The summed E-state index contributed by atoms with van der Waals surface area (Å²) in [6.07, 6.45) is 0. The summed E-state index contributed by atoms with van der Waals surface area (Å²) >= 11 is 0. The number of nitrogen functional groups attached to an aromatic ring is 1. The van der Waals surface area contributed by atoms with Crippen LogP contribution >= 0.6 is 0 Å². The van der Waals surface area contributed by atoms with Crippen molar-refractivity contribution in [2.24, 2.45) is 0 Å². The lowest BCUT2D eigenvalue weighted by molar-refractivity contribution is 0.601. The van der Waals surface area contributed by atoms with E-state index < -0.39 is 15.8 Å². The van der Waals surface area contributed by atoms with Crippen LogP contribution < -0.4 is 10.5 Å². The molecule has 0 aliphatic rings. The highest BCUT2D eigenvalue weighted by Gasteiger charge is 2.19. The third kappa shape index (κ3) is 2.55. The van der Waals surface area contributed by atoms with Gasteiger partial charge in [0, 0.05) is 0 Å². The maximum atomic E-state index is 13.4. The molecule has 7 heteroatoms. The first-order valence-electron chi connectivity index (χ1n) is 5.51. The number of hydrogen-bond donors (Lipinski definition) is 2. The summed E-state index contributed by atoms with van der Waals surface area (Å²) in [5, 5.41) is 8.87. The van der Waals surface area contributed by atoms with E-state index in [1.165, 1.54) is 30.3 Å². The highest BCUT2D eigenvalue weighted by atomic mass is 32.2. The smallest absolute Gasteiger partial charge is 0.263 e. The topological polar surface area (TPSA) is 96.0 Å². The molecule has 2 aromatic carbocycles. The number of sulfonamides is 1. The maximum absolute atomic E-state index is 13.4. The monoisotopic (exact) mass is 291 g/mol. The molecule has 0 atom stereocenters. The van der Waals surface area contributed by atoms with Gasteiger partial charge in [0.15, 0.2) is 0 Å². The molecule has 0 saturated carbocycles. The number of rotatable bonds is 3. The maximum Gasteiger partial charge on any atom is 0.263 e. The molecule has 0 heterocycles. The Balaban J connectivity index is 2.48. The van der Waals surface area contributed by atoms with Crippen molar-refractivity contribution in [3.05, 3.63) is 53.8 Å². The van der Waals surface area contributed by atoms with E-state index in [0.717, 1.165) is 6.07 Å². The van der Waals surface area contributed by atoms with Crippen LogP contribution in [0, 0.1) is 17.1 Å². The van der Waals surface area contributed by atoms with E-state index in [-0.39, 0.29) is 21.8 Å². The van der Waals surface area contributed by atoms with Gasteiger partial charge in [-0.25, -0.2) is 12.8 Å². The highest BCUT2D eigenvalue weighted by molar-refractivity contribution is 7.92. The van der Waals surface area contributed by atoms with Crippen LogP contribution in [0.2, 0.25) is 0 Å². The first-order chi connectivity index (χ1) is 9.45. The first-order valence-corrected chi connectivity index (χ1v) is 7.00. The van der Waals surface area contributed by atoms with Crippen molar-refractivity contribution in [1.29, 1.82) is 5.26 Å². The molecule has 0 unspecified atom stereocenters. The van der Waals surface area contributed by atoms with Crippen LogP contribution in [0.3, 0.4) is 0 Å². The largest absolute Gasteiger partial charge is 0.398 e. The number of nitrogens with zero attached hydrogens (tertiary/aromatic N) is 1. The van der Waals surface area contributed by atoms with Gasteiger partial charge in [-0.3, -0.25) is 4.72 Å². The Morgan fingerprint density at radius 2 is 1.85 bits per heavy atom. The Kier molecular flexibility index (Phi) is 3.59. The van der Waals surface area contributed by atoms with Crippen molar-refractivity contribution in [2.45, 2.75) is 4.90 Å². The molecule has 0 aromatic heterocycles. The van der Waals surface area contributed by atoms with Gasteiger partial charge in [0.25, 0.3) is 10.0 Å². The van der Waals surface area contributed by atoms with Gasteiger partial charge in [-0.05, 0) is 24.3 Å². The third-order valence-corrected chi connectivity index (χ3v) is 4.02. The Labute approximate surface area is 115 Å². The fourth-order valence-electron chi connectivity index (χ4n) is 1.65. The van der Waals surface area contributed by atoms with Gasteiger partial charge in [-0.1, -0.05) is 18.2 Å². The minimum atomic E-state index is -3.99. The number of nitrogens with one attached hydrogen (secondary N) is 1. The summed E-state index contributed by atoms with van der Waals surface area (Å²) in [7, 11) is -3.99. The SMILES string of the molecule is N#Cc1c(F)cccc1NS(=O)(=O)c1ccccc1N. The number of nitriles is 1. The predicted octanol–water partition coefficient (Wildman–Crippen LogP) is 2.08. The molecular formula is C13H10FN3O2S. The van der Waals surface area contributed by atoms with Crippen LogP contribution in [0.15, 0.2) is 47.4 Å². The van der Waals surface area contributed by atoms with Crippen LogP contribution in [-0.2, 0) is 10.0 Å². The first kappa shape index (κ1) is 13.8. The summed E-state index contributed by atoms with van der Waals surface area (Å²) in [4.78, 5) is -0.131. The van der Waals surface area contributed by atoms with Crippen molar-refractivity contribution >= 4 is 21.4 Å². The second-order valence-corrected chi connectivity index (χ2v) is 5.57. The van der Waals surface area contributed by atoms with E-state index in [9.17, 15) is 12.8 Å². The highest BCUT2D eigenvalue weighted by Crippen LogP contribution is 2.24. The van der Waals surface area contributed by atoms with Crippen LogP contribution in [0.5, 0.6) is 0 Å². The molecule has 0 aliphatic carbocycles. The van der Waals surface area contributed by atoms with E-state index in [1.807, 2.05) is 0 Å². The van der Waals surface area contributed by atoms with Gasteiger partial charge < -0.3 is 5.73 Å². The van der Waals surface area contributed by atoms with Crippen molar-refractivity contribution in [1.82, 2.24) is 0 Å². The van der Waals surface area contributed by atoms with Gasteiger partial charge in [-0.2, -0.15) is 5.26 Å². The molecule has 102 valence electrons. The number of nitrogens with two attached hydrogens (primary N) is 1. The van der Waals surface area contributed by atoms with Crippen molar-refractivity contribution in [3.8, 4) is 6.07 Å². The quantitative estimate of drug-likeness (QED) is 0.846. The van der Waals surface area contributed by atoms with E-state index in [2.05, 4.69) is 4.72 Å². The molecule has 0 saturated heterocycles. The summed E-state index contributed by atoms with van der Waals surface area (Å²) in [6, 6.07) is 11.2. The average molecular weight is 291 g/mol. The summed E-state index contributed by atoms with van der Waals surface area (Å²) in [6.45, 7) is 0. The predicted molar refractivity (Wildman–Crippen MR) is 72.8 cm³/mol. The fourth-order valence-corrected chi connectivity index (χ4v) is 2.85. The van der Waals surface area contributed by atoms with Crippen LogP contribution in [0.1, 0.15) is 5.56 Å². The average Bonchev–Trinajstić information content (AvgIpc) is 2.39. The van der Waals surface area contributed by atoms with Gasteiger partial charge in [0.1, 0.15) is 22.3 Å². The zero-order chi connectivity index (χ0) is 14.8. The third-order valence-electron chi connectivity index (χ3n) is 2.58. The standard InChI is InChI=1S/C13H10FN3O2S/c14-10-4-3-6-12(9(10)8-15)17-20(18,19)13-7-2-1-5-11(13)16/h1-7,17H,16H2. The molecule has 0 radical (unpaired) electrons. The molecule has 3 N–H and O–H groups in total. The fraction of sp³-hybridized carbons (Fsp3) is 0. The Morgan fingerprint density at radius 3 is 2.50 bits per heavy atom. The van der Waals surface area contributed by atoms with Crippen LogP contribution in [-0.4, -0.2) is 8.42 Å². The summed E-state index contributed by atoms with van der Waals surface area (Å²) in [5.41, 5.74) is 5.17. The van der Waals surface area contributed by atoms with Crippen LogP contribution in [0.25, 0.3) is 0 Å². The summed E-state index contributed by atoms with van der Waals surface area (Å²) in [5.74, 6) is -0.797. The Bertz CT molecular complexity index is 798. The van der Waals surface area contributed by atoms with E-state index >= 15 is 0 Å². The lowest BCUT2D eigenvalue weighted by Crippen LogP contribution is -2.15. The molecule has 0 amide bonds. The number of hydrogen-bond acceptors (Lipinski definition) is 4. The van der Waals surface area contributed by atoms with E-state index in [1.54, 1.807) is 12.1 Å². The molecule has 2 aromatic rings. The van der Waals surface area contributed by atoms with Gasteiger partial charge in [0.05, 0.1) is 11.4 Å². The zero-order valence-electron chi connectivity index (χ0n) is 10.2. The minimum absolute atomic E-state index is 0.0647. The Morgan fingerprint density at radius 1 is 1.15 bits per heavy atom. The molecule has 0 aliphatic heterocycles. The number of halogens is 1. The molecule has 0 fully saturated rings. The lowest BCUT2D eigenvalue weighted by atomic mass is 10.2. The number of para-hydroxylation sites is 1. The Hall–Kier alpha value is -2.59. The van der Waals surface area contributed by atoms with Crippen molar-refractivity contribution in [3.63, 3.8) is 0 Å². The van der Waals surface area contributed by atoms with Gasteiger partial charge >= 0.3 is 0 Å². The van der Waals surface area contributed by atoms with Gasteiger partial charge in [-0.15, -0.1) is 0 Å². The summed E-state index contributed by atoms with van der Waals surface area (Å²) < 4.78 is 39.9. The van der Waals surface area contributed by atoms with E-state index in [4.69, 9.17) is 11.0 Å². The zero-order valence-corrected chi connectivity index (χ0v) is 11.0. The molecule has 0 bridgehead atoms. The van der Waals surface area contributed by atoms with Crippen molar-refractivity contribution in [2.75, 3.05) is 10.5 Å². The second-order valence-electron chi connectivity index (χ2n) is 3.92. The normalized spacial score (nSPS) is 10.8. The minimum Gasteiger partial charge on any atom is -0.398 e.